The van der Waals surface area contributed by atoms with Crippen molar-refractivity contribution < 1.29 is 4.39 Å². The molecule has 1 nitrogen and oxygen atoms in total. The van der Waals surface area contributed by atoms with Gasteiger partial charge in [-0.05, 0) is 42.8 Å². The quantitative estimate of drug-likeness (QED) is 0.763. The molecular weight excluding hydrogens is 341 g/mol. The van der Waals surface area contributed by atoms with Crippen molar-refractivity contribution in [2.75, 3.05) is 6.54 Å². The molecule has 0 fully saturated rings. The number of nitrogens with one attached hydrogen (secondary N) is 1. The minimum Gasteiger partial charge on any atom is -0.306 e. The average Bonchev–Trinajstić information content (AvgIpc) is 2.44. The summed E-state index contributed by atoms with van der Waals surface area (Å²) in [5.74, 6) is -0.225. The Balaban J connectivity index is 2.47. The second-order valence-electron chi connectivity index (χ2n) is 4.57. The number of halogens is 3. The lowest BCUT2D eigenvalue weighted by Gasteiger charge is -2.21. The van der Waals surface area contributed by atoms with Gasteiger partial charge in [-0.2, -0.15) is 0 Å². The first-order chi connectivity index (χ1) is 9.63. The van der Waals surface area contributed by atoms with Crippen molar-refractivity contribution >= 4 is 27.5 Å². The Labute approximate surface area is 132 Å². The summed E-state index contributed by atoms with van der Waals surface area (Å²) in [5.41, 5.74) is 1.49. The zero-order chi connectivity index (χ0) is 14.5. The van der Waals surface area contributed by atoms with Gasteiger partial charge in [0.2, 0.25) is 0 Å². The minimum atomic E-state index is -0.249. The van der Waals surface area contributed by atoms with E-state index in [1.807, 2.05) is 24.3 Å². The van der Waals surface area contributed by atoms with Crippen LogP contribution in [0, 0.1) is 5.82 Å². The molecule has 1 N–H and O–H groups in total. The molecule has 0 heterocycles. The summed E-state index contributed by atoms with van der Waals surface area (Å²) in [7, 11) is 0. The van der Waals surface area contributed by atoms with Crippen LogP contribution in [0.15, 0.2) is 46.9 Å². The molecule has 1 unspecified atom stereocenters. The Morgan fingerprint density at radius 3 is 2.65 bits per heavy atom. The van der Waals surface area contributed by atoms with Gasteiger partial charge in [0.05, 0.1) is 6.04 Å². The molecule has 20 heavy (non-hydrogen) atoms. The van der Waals surface area contributed by atoms with E-state index in [1.54, 1.807) is 12.1 Å². The lowest BCUT2D eigenvalue weighted by atomic mass is 9.98. The first kappa shape index (κ1) is 15.5. The molecule has 1 atom stereocenters. The fraction of sp³-hybridized carbons (Fsp3) is 0.250. The predicted octanol–water partition coefficient (Wildman–Crippen LogP) is 5.33. The zero-order valence-corrected chi connectivity index (χ0v) is 13.5. The van der Waals surface area contributed by atoms with Crippen LogP contribution in [0.25, 0.3) is 0 Å². The average molecular weight is 357 g/mol. The van der Waals surface area contributed by atoms with Crippen molar-refractivity contribution in [2.45, 2.75) is 19.4 Å². The summed E-state index contributed by atoms with van der Waals surface area (Å²) in [6, 6.07) is 12.2. The Morgan fingerprint density at radius 1 is 1.20 bits per heavy atom. The second-order valence-corrected chi connectivity index (χ2v) is 5.90. The van der Waals surface area contributed by atoms with E-state index in [0.717, 1.165) is 23.0 Å². The van der Waals surface area contributed by atoms with Crippen LogP contribution in [0.2, 0.25) is 5.02 Å². The van der Waals surface area contributed by atoms with Gasteiger partial charge in [-0.25, -0.2) is 4.39 Å². The van der Waals surface area contributed by atoms with Crippen LogP contribution >= 0.6 is 27.5 Å². The number of hydrogen-bond acceptors (Lipinski definition) is 1. The highest BCUT2D eigenvalue weighted by atomic mass is 79.9. The smallest absolute Gasteiger partial charge is 0.128 e. The van der Waals surface area contributed by atoms with Crippen LogP contribution in [-0.4, -0.2) is 6.54 Å². The van der Waals surface area contributed by atoms with E-state index in [-0.39, 0.29) is 11.9 Å². The van der Waals surface area contributed by atoms with Crippen LogP contribution in [0.5, 0.6) is 0 Å². The molecule has 2 aromatic rings. The van der Waals surface area contributed by atoms with Crippen molar-refractivity contribution in [1.82, 2.24) is 5.32 Å². The van der Waals surface area contributed by atoms with E-state index >= 15 is 0 Å². The van der Waals surface area contributed by atoms with E-state index in [1.165, 1.54) is 6.07 Å². The van der Waals surface area contributed by atoms with E-state index in [0.29, 0.717) is 10.6 Å². The van der Waals surface area contributed by atoms with E-state index in [2.05, 4.69) is 28.2 Å². The molecule has 0 aliphatic heterocycles. The normalized spacial score (nSPS) is 12.4. The van der Waals surface area contributed by atoms with Gasteiger partial charge in [0, 0.05) is 15.1 Å². The van der Waals surface area contributed by atoms with Gasteiger partial charge in [-0.1, -0.05) is 52.7 Å². The molecule has 2 rings (SSSR count). The van der Waals surface area contributed by atoms with E-state index < -0.39 is 0 Å². The van der Waals surface area contributed by atoms with Crippen LogP contribution < -0.4 is 5.32 Å². The molecule has 0 aliphatic carbocycles. The van der Waals surface area contributed by atoms with Crippen molar-refractivity contribution in [2.24, 2.45) is 0 Å². The fourth-order valence-electron chi connectivity index (χ4n) is 2.12. The maximum absolute atomic E-state index is 14.1. The first-order valence-corrected chi connectivity index (χ1v) is 7.73. The number of rotatable bonds is 5. The van der Waals surface area contributed by atoms with Gasteiger partial charge >= 0.3 is 0 Å². The van der Waals surface area contributed by atoms with Gasteiger partial charge < -0.3 is 5.32 Å². The molecule has 0 saturated carbocycles. The lowest BCUT2D eigenvalue weighted by Crippen LogP contribution is -2.24. The van der Waals surface area contributed by atoms with E-state index in [4.69, 9.17) is 11.6 Å². The summed E-state index contributed by atoms with van der Waals surface area (Å²) < 4.78 is 15.0. The molecule has 4 heteroatoms. The predicted molar refractivity (Wildman–Crippen MR) is 85.7 cm³/mol. The number of hydrogen-bond donors (Lipinski definition) is 1. The Bertz CT molecular complexity index is 588. The standard InChI is InChI=1S/C16H16BrClFN/c1-2-9-20-16(12-5-3-4-6-15(12)19)13-10-11(17)7-8-14(13)18/h3-8,10,16,20H,2,9H2,1H3. The van der Waals surface area contributed by atoms with Crippen molar-refractivity contribution in [3.05, 3.63) is 68.9 Å². The lowest BCUT2D eigenvalue weighted by molar-refractivity contribution is 0.547. The molecule has 0 saturated heterocycles. The summed E-state index contributed by atoms with van der Waals surface area (Å²) in [6.07, 6.45) is 0.969. The maximum Gasteiger partial charge on any atom is 0.128 e. The van der Waals surface area contributed by atoms with Crippen molar-refractivity contribution in [3.63, 3.8) is 0 Å². The summed E-state index contributed by atoms with van der Waals surface area (Å²) in [6.45, 7) is 2.87. The first-order valence-electron chi connectivity index (χ1n) is 6.56. The molecule has 0 aromatic heterocycles. The third kappa shape index (κ3) is 3.60. The Hall–Kier alpha value is -0.900. The third-order valence-corrected chi connectivity index (χ3v) is 3.92. The topological polar surface area (TPSA) is 12.0 Å². The molecule has 2 aromatic carbocycles. The monoisotopic (exact) mass is 355 g/mol. The largest absolute Gasteiger partial charge is 0.306 e. The van der Waals surface area contributed by atoms with Crippen molar-refractivity contribution in [3.8, 4) is 0 Å². The second kappa shape index (κ2) is 7.21. The van der Waals surface area contributed by atoms with Gasteiger partial charge in [-0.15, -0.1) is 0 Å². The molecular formula is C16H16BrClFN. The molecule has 0 aliphatic rings. The highest BCUT2D eigenvalue weighted by Gasteiger charge is 2.19. The van der Waals surface area contributed by atoms with Crippen LogP contribution in [0.3, 0.4) is 0 Å². The number of benzene rings is 2. The van der Waals surface area contributed by atoms with Crippen LogP contribution in [-0.2, 0) is 0 Å². The molecule has 0 radical (unpaired) electrons. The summed E-state index contributed by atoms with van der Waals surface area (Å²) >= 11 is 9.73. The third-order valence-electron chi connectivity index (χ3n) is 3.08. The summed E-state index contributed by atoms with van der Waals surface area (Å²) in [4.78, 5) is 0. The van der Waals surface area contributed by atoms with Gasteiger partial charge in [0.15, 0.2) is 0 Å². The highest BCUT2D eigenvalue weighted by Crippen LogP contribution is 2.31. The maximum atomic E-state index is 14.1. The van der Waals surface area contributed by atoms with Crippen molar-refractivity contribution in [1.29, 1.82) is 0 Å². The van der Waals surface area contributed by atoms with Gasteiger partial charge in [0.1, 0.15) is 5.82 Å². The summed E-state index contributed by atoms with van der Waals surface area (Å²) in [5, 5.41) is 4.00. The fourth-order valence-corrected chi connectivity index (χ4v) is 2.73. The minimum absolute atomic E-state index is 0.225. The Kier molecular flexibility index (Phi) is 5.58. The molecule has 106 valence electrons. The Morgan fingerprint density at radius 2 is 1.95 bits per heavy atom. The highest BCUT2D eigenvalue weighted by molar-refractivity contribution is 9.10. The van der Waals surface area contributed by atoms with Crippen LogP contribution in [0.1, 0.15) is 30.5 Å². The van der Waals surface area contributed by atoms with Crippen LogP contribution in [0.4, 0.5) is 4.39 Å². The SMILES string of the molecule is CCCNC(c1ccccc1F)c1cc(Br)ccc1Cl. The van der Waals surface area contributed by atoms with Gasteiger partial charge in [0.25, 0.3) is 0 Å². The molecule has 0 amide bonds. The van der Waals surface area contributed by atoms with Gasteiger partial charge in [-0.3, -0.25) is 0 Å². The zero-order valence-electron chi connectivity index (χ0n) is 11.2. The molecule has 0 spiro atoms. The molecule has 0 bridgehead atoms. The van der Waals surface area contributed by atoms with E-state index in [9.17, 15) is 4.39 Å².